The fraction of sp³-hybridized carbons (Fsp3) is 0.300. The van der Waals surface area contributed by atoms with Crippen LogP contribution in [0.3, 0.4) is 0 Å². The molecule has 1 heterocycles. The lowest BCUT2D eigenvalue weighted by molar-refractivity contribution is -0.118. The minimum absolute atomic E-state index is 0.0994. The Hall–Kier alpha value is -2.42. The largest absolute Gasteiger partial charge is 0.497 e. The van der Waals surface area contributed by atoms with E-state index in [1.54, 1.807) is 19.4 Å². The Bertz CT molecular complexity index is 850. The molecule has 23 heavy (non-hydrogen) atoms. The van der Waals surface area contributed by atoms with E-state index in [1.807, 2.05) is 24.3 Å². The first-order valence-corrected chi connectivity index (χ1v) is 7.86. The zero-order valence-corrected chi connectivity index (χ0v) is 13.6. The molecular formula is C20H19NO2. The molecule has 0 amide bonds. The maximum absolute atomic E-state index is 13.0. The molecule has 0 fully saturated rings. The van der Waals surface area contributed by atoms with E-state index in [0.717, 1.165) is 29.0 Å². The van der Waals surface area contributed by atoms with Gasteiger partial charge < -0.3 is 4.74 Å². The molecule has 1 aromatic heterocycles. The maximum atomic E-state index is 13.0. The van der Waals surface area contributed by atoms with Crippen molar-refractivity contribution in [2.45, 2.75) is 31.1 Å². The highest BCUT2D eigenvalue weighted by Crippen LogP contribution is 2.55. The van der Waals surface area contributed by atoms with Gasteiger partial charge in [-0.2, -0.15) is 0 Å². The molecule has 2 aromatic rings. The summed E-state index contributed by atoms with van der Waals surface area (Å²) in [6.45, 7) is 4.39. The Morgan fingerprint density at radius 3 is 2.70 bits per heavy atom. The van der Waals surface area contributed by atoms with Crippen molar-refractivity contribution in [1.82, 2.24) is 4.98 Å². The third-order valence-electron chi connectivity index (χ3n) is 5.23. The van der Waals surface area contributed by atoms with Gasteiger partial charge in [0.05, 0.1) is 18.2 Å². The Labute approximate surface area is 136 Å². The summed E-state index contributed by atoms with van der Waals surface area (Å²) in [7, 11) is 1.67. The second-order valence-electron chi connectivity index (χ2n) is 7.01. The Balaban J connectivity index is 2.05. The number of ketones is 1. The molecule has 3 heteroatoms. The van der Waals surface area contributed by atoms with Gasteiger partial charge in [-0.3, -0.25) is 9.78 Å². The van der Waals surface area contributed by atoms with Crippen LogP contribution in [0.4, 0.5) is 0 Å². The van der Waals surface area contributed by atoms with E-state index in [0.29, 0.717) is 0 Å². The SMILES string of the molecule is COc1ccc2c(c1)C(C)(C)CC21C(=O)C=Cc2ncccc21. The highest BCUT2D eigenvalue weighted by Gasteiger charge is 2.54. The van der Waals surface area contributed by atoms with Crippen LogP contribution in [-0.2, 0) is 15.6 Å². The molecule has 0 N–H and O–H groups in total. The van der Waals surface area contributed by atoms with Crippen molar-refractivity contribution in [1.29, 1.82) is 0 Å². The van der Waals surface area contributed by atoms with Crippen molar-refractivity contribution in [2.24, 2.45) is 0 Å². The lowest BCUT2D eigenvalue weighted by Crippen LogP contribution is -2.38. The minimum atomic E-state index is -0.622. The molecule has 3 nitrogen and oxygen atoms in total. The van der Waals surface area contributed by atoms with Crippen LogP contribution in [0, 0.1) is 0 Å². The smallest absolute Gasteiger partial charge is 0.170 e. The van der Waals surface area contributed by atoms with Crippen LogP contribution < -0.4 is 4.74 Å². The van der Waals surface area contributed by atoms with E-state index in [4.69, 9.17) is 4.74 Å². The Morgan fingerprint density at radius 2 is 1.91 bits per heavy atom. The monoisotopic (exact) mass is 305 g/mol. The Morgan fingerprint density at radius 1 is 1.09 bits per heavy atom. The van der Waals surface area contributed by atoms with Crippen LogP contribution in [0.1, 0.15) is 42.7 Å². The fourth-order valence-electron chi connectivity index (χ4n) is 4.24. The second-order valence-corrected chi connectivity index (χ2v) is 7.01. The zero-order valence-electron chi connectivity index (χ0n) is 13.6. The highest BCUT2D eigenvalue weighted by atomic mass is 16.5. The van der Waals surface area contributed by atoms with E-state index in [2.05, 4.69) is 31.0 Å². The molecule has 2 aliphatic rings. The van der Waals surface area contributed by atoms with Crippen molar-refractivity contribution in [3.63, 3.8) is 0 Å². The van der Waals surface area contributed by atoms with E-state index >= 15 is 0 Å². The predicted octanol–water partition coefficient (Wildman–Crippen LogP) is 3.65. The van der Waals surface area contributed by atoms with Crippen LogP contribution in [0.5, 0.6) is 5.75 Å². The third kappa shape index (κ3) is 1.76. The molecule has 4 rings (SSSR count). The molecule has 1 aromatic carbocycles. The first-order valence-electron chi connectivity index (χ1n) is 7.86. The van der Waals surface area contributed by atoms with Crippen molar-refractivity contribution < 1.29 is 9.53 Å². The molecule has 0 saturated heterocycles. The van der Waals surface area contributed by atoms with Crippen LogP contribution in [-0.4, -0.2) is 17.9 Å². The first-order chi connectivity index (χ1) is 11.0. The van der Waals surface area contributed by atoms with Gasteiger partial charge in [-0.05, 0) is 58.9 Å². The number of methoxy groups -OCH3 is 1. The van der Waals surface area contributed by atoms with Gasteiger partial charge in [0.1, 0.15) is 5.75 Å². The molecule has 2 aliphatic carbocycles. The summed E-state index contributed by atoms with van der Waals surface area (Å²) >= 11 is 0. The van der Waals surface area contributed by atoms with Gasteiger partial charge >= 0.3 is 0 Å². The Kier molecular flexibility index (Phi) is 2.80. The van der Waals surface area contributed by atoms with Gasteiger partial charge in [0.2, 0.25) is 0 Å². The molecule has 0 radical (unpaired) electrons. The summed E-state index contributed by atoms with van der Waals surface area (Å²) in [6, 6.07) is 10.0. The molecule has 0 saturated carbocycles. The van der Waals surface area contributed by atoms with Crippen LogP contribution >= 0.6 is 0 Å². The number of aromatic nitrogens is 1. The minimum Gasteiger partial charge on any atom is -0.497 e. The number of benzene rings is 1. The van der Waals surface area contributed by atoms with E-state index in [1.165, 1.54) is 5.56 Å². The van der Waals surface area contributed by atoms with E-state index in [-0.39, 0.29) is 11.2 Å². The number of rotatable bonds is 1. The van der Waals surface area contributed by atoms with Gasteiger partial charge in [0.25, 0.3) is 0 Å². The summed E-state index contributed by atoms with van der Waals surface area (Å²) in [5, 5.41) is 0. The molecule has 1 atom stereocenters. The summed E-state index contributed by atoms with van der Waals surface area (Å²) in [5.74, 6) is 0.981. The van der Waals surface area contributed by atoms with Crippen molar-refractivity contribution in [2.75, 3.05) is 7.11 Å². The number of nitrogens with zero attached hydrogens (tertiary/aromatic N) is 1. The summed E-state index contributed by atoms with van der Waals surface area (Å²) < 4.78 is 5.39. The van der Waals surface area contributed by atoms with E-state index < -0.39 is 5.41 Å². The zero-order chi connectivity index (χ0) is 16.2. The summed E-state index contributed by atoms with van der Waals surface area (Å²) in [5.41, 5.74) is 3.47. The van der Waals surface area contributed by atoms with Crippen LogP contribution in [0.25, 0.3) is 6.08 Å². The lowest BCUT2D eigenvalue weighted by Gasteiger charge is -2.33. The number of carbonyl (C=O) groups excluding carboxylic acids is 1. The number of hydrogen-bond acceptors (Lipinski definition) is 3. The topological polar surface area (TPSA) is 39.2 Å². The maximum Gasteiger partial charge on any atom is 0.170 e. The predicted molar refractivity (Wildman–Crippen MR) is 89.7 cm³/mol. The van der Waals surface area contributed by atoms with Crippen LogP contribution in [0.2, 0.25) is 0 Å². The second kappa shape index (κ2) is 4.54. The standard InChI is InChI=1S/C20H19NO2/c1-19(2)12-20(14-7-6-13(23-3)11-16(14)19)15-5-4-10-21-17(15)8-9-18(20)22/h4-11H,12H2,1-3H3. The molecule has 1 unspecified atom stereocenters. The van der Waals surface area contributed by atoms with Crippen molar-refractivity contribution >= 4 is 11.9 Å². The number of pyridine rings is 1. The molecule has 0 aliphatic heterocycles. The quantitative estimate of drug-likeness (QED) is 0.807. The lowest BCUT2D eigenvalue weighted by atomic mass is 9.67. The van der Waals surface area contributed by atoms with Crippen LogP contribution in [0.15, 0.2) is 42.6 Å². The van der Waals surface area contributed by atoms with Crippen molar-refractivity contribution in [3.8, 4) is 5.75 Å². The number of ether oxygens (including phenoxy) is 1. The summed E-state index contributed by atoms with van der Waals surface area (Å²) in [4.78, 5) is 17.5. The fourth-order valence-corrected chi connectivity index (χ4v) is 4.24. The number of hydrogen-bond donors (Lipinski definition) is 0. The third-order valence-corrected chi connectivity index (χ3v) is 5.23. The highest BCUT2D eigenvalue weighted by molar-refractivity contribution is 6.08. The summed E-state index contributed by atoms with van der Waals surface area (Å²) in [6.07, 6.45) is 6.05. The van der Waals surface area contributed by atoms with E-state index in [9.17, 15) is 4.79 Å². The normalized spacial score (nSPS) is 23.7. The molecular weight excluding hydrogens is 286 g/mol. The molecule has 116 valence electrons. The average Bonchev–Trinajstić information content (AvgIpc) is 2.80. The molecule has 1 spiro atoms. The van der Waals surface area contributed by atoms with Gasteiger partial charge in [0.15, 0.2) is 5.78 Å². The van der Waals surface area contributed by atoms with Gasteiger partial charge in [-0.1, -0.05) is 26.0 Å². The van der Waals surface area contributed by atoms with Gasteiger partial charge in [-0.15, -0.1) is 0 Å². The van der Waals surface area contributed by atoms with Gasteiger partial charge in [-0.25, -0.2) is 0 Å². The average molecular weight is 305 g/mol. The number of carbonyl (C=O) groups is 1. The van der Waals surface area contributed by atoms with Crippen molar-refractivity contribution in [3.05, 3.63) is 65.0 Å². The van der Waals surface area contributed by atoms with Gasteiger partial charge in [0, 0.05) is 6.20 Å². The number of allylic oxidation sites excluding steroid dienone is 1. The number of fused-ring (bicyclic) bond motifs is 4. The molecule has 0 bridgehead atoms. The first kappa shape index (κ1) is 14.2.